The van der Waals surface area contributed by atoms with E-state index in [0.717, 1.165) is 18.5 Å². The second kappa shape index (κ2) is 9.24. The van der Waals surface area contributed by atoms with Crippen LogP contribution in [0, 0.1) is 0 Å². The minimum absolute atomic E-state index is 0.638. The Kier molecular flexibility index (Phi) is 7.00. The van der Waals surface area contributed by atoms with Crippen LogP contribution in [0.2, 0.25) is 10.0 Å². The molecular formula is C23H29Cl2N. The van der Waals surface area contributed by atoms with Crippen molar-refractivity contribution in [3.63, 3.8) is 0 Å². The third-order valence-corrected chi connectivity index (χ3v) is 6.01. The van der Waals surface area contributed by atoms with Crippen molar-refractivity contribution in [1.82, 2.24) is 0 Å². The molecule has 1 nitrogen and oxygen atoms in total. The lowest BCUT2D eigenvalue weighted by atomic mass is 9.88. The topological polar surface area (TPSA) is 12.4 Å². The van der Waals surface area contributed by atoms with E-state index in [-0.39, 0.29) is 0 Å². The number of allylic oxidation sites excluding steroid dienone is 4. The van der Waals surface area contributed by atoms with Crippen LogP contribution < -0.4 is 0 Å². The molecule has 2 aliphatic rings. The Morgan fingerprint density at radius 1 is 0.885 bits per heavy atom. The average molecular weight is 390 g/mol. The first-order valence-electron chi connectivity index (χ1n) is 10.1. The molecule has 0 radical (unpaired) electrons. The highest BCUT2D eigenvalue weighted by Gasteiger charge is 2.30. The zero-order valence-electron chi connectivity index (χ0n) is 16.0. The zero-order valence-corrected chi connectivity index (χ0v) is 17.5. The molecule has 1 aromatic rings. The summed E-state index contributed by atoms with van der Waals surface area (Å²) in [5, 5.41) is 1.30. The summed E-state index contributed by atoms with van der Waals surface area (Å²) in [7, 11) is 0. The Balaban J connectivity index is 2.07. The molecule has 3 rings (SSSR count). The molecule has 0 amide bonds. The van der Waals surface area contributed by atoms with E-state index < -0.39 is 0 Å². The predicted molar refractivity (Wildman–Crippen MR) is 115 cm³/mol. The predicted octanol–water partition coefficient (Wildman–Crippen LogP) is 8.63. The highest BCUT2D eigenvalue weighted by Crippen LogP contribution is 2.44. The summed E-state index contributed by atoms with van der Waals surface area (Å²) < 4.78 is 0. The maximum Gasteiger partial charge on any atom is 0.0824 e. The maximum atomic E-state index is 6.44. The Morgan fingerprint density at radius 2 is 1.46 bits per heavy atom. The largest absolute Gasteiger partial charge is 0.247 e. The van der Waals surface area contributed by atoms with Crippen LogP contribution >= 0.6 is 23.2 Å². The molecule has 0 aromatic heterocycles. The van der Waals surface area contributed by atoms with Crippen molar-refractivity contribution < 1.29 is 0 Å². The molecule has 2 aliphatic carbocycles. The lowest BCUT2D eigenvalue weighted by Gasteiger charge is -2.17. The van der Waals surface area contributed by atoms with Crippen molar-refractivity contribution in [2.45, 2.75) is 78.1 Å². The maximum absolute atomic E-state index is 6.44. The summed E-state index contributed by atoms with van der Waals surface area (Å²) in [5.41, 5.74) is 8.29. The third-order valence-electron chi connectivity index (χ3n) is 5.47. The minimum Gasteiger partial charge on any atom is -0.247 e. The number of hydrogen-bond acceptors (Lipinski definition) is 1. The lowest BCUT2D eigenvalue weighted by molar-refractivity contribution is 0.667. The SMILES string of the molecule is CCCCC1=C2CCCCC2=C(CCCC)C1=Nc1ccc(Cl)cc1Cl. The second-order valence-electron chi connectivity index (χ2n) is 7.38. The summed E-state index contributed by atoms with van der Waals surface area (Å²) >= 11 is 12.5. The zero-order chi connectivity index (χ0) is 18.5. The van der Waals surface area contributed by atoms with E-state index in [2.05, 4.69) is 13.8 Å². The molecule has 0 N–H and O–H groups in total. The van der Waals surface area contributed by atoms with Gasteiger partial charge in [-0.1, -0.05) is 49.9 Å². The first-order valence-corrected chi connectivity index (χ1v) is 10.9. The number of fused-ring (bicyclic) bond motifs is 1. The van der Waals surface area contributed by atoms with Gasteiger partial charge in [0.1, 0.15) is 0 Å². The van der Waals surface area contributed by atoms with E-state index in [1.807, 2.05) is 12.1 Å². The highest BCUT2D eigenvalue weighted by atomic mass is 35.5. The van der Waals surface area contributed by atoms with E-state index in [0.29, 0.717) is 10.0 Å². The van der Waals surface area contributed by atoms with Gasteiger partial charge in [0.15, 0.2) is 0 Å². The van der Waals surface area contributed by atoms with Gasteiger partial charge < -0.3 is 0 Å². The molecule has 1 aromatic carbocycles. The van der Waals surface area contributed by atoms with E-state index in [9.17, 15) is 0 Å². The number of halogens is 2. The molecule has 0 bridgehead atoms. The van der Waals surface area contributed by atoms with Gasteiger partial charge in [0.25, 0.3) is 0 Å². The summed E-state index contributed by atoms with van der Waals surface area (Å²) in [6.07, 6.45) is 12.2. The van der Waals surface area contributed by atoms with Crippen LogP contribution in [0.3, 0.4) is 0 Å². The van der Waals surface area contributed by atoms with Gasteiger partial charge in [0.2, 0.25) is 0 Å². The summed E-state index contributed by atoms with van der Waals surface area (Å²) in [4.78, 5) is 5.10. The van der Waals surface area contributed by atoms with Crippen molar-refractivity contribution in [3.8, 4) is 0 Å². The fraction of sp³-hybridized carbons (Fsp3) is 0.522. The van der Waals surface area contributed by atoms with Crippen LogP contribution in [-0.4, -0.2) is 5.71 Å². The number of rotatable bonds is 7. The summed E-state index contributed by atoms with van der Waals surface area (Å²) in [5.74, 6) is 0. The van der Waals surface area contributed by atoms with Gasteiger partial charge in [0, 0.05) is 5.02 Å². The van der Waals surface area contributed by atoms with Gasteiger partial charge in [-0.2, -0.15) is 0 Å². The first kappa shape index (κ1) is 19.7. The van der Waals surface area contributed by atoms with Crippen molar-refractivity contribution >= 4 is 34.6 Å². The average Bonchev–Trinajstić information content (AvgIpc) is 2.93. The molecule has 0 heterocycles. The van der Waals surface area contributed by atoms with E-state index in [4.69, 9.17) is 28.2 Å². The quantitative estimate of drug-likeness (QED) is 0.442. The fourth-order valence-corrected chi connectivity index (χ4v) is 4.56. The molecule has 3 heteroatoms. The number of aliphatic imine (C=N–C) groups is 1. The van der Waals surface area contributed by atoms with Crippen LogP contribution in [0.15, 0.2) is 45.5 Å². The summed E-state index contributed by atoms with van der Waals surface area (Å²) in [6.45, 7) is 4.53. The first-order chi connectivity index (χ1) is 12.7. The van der Waals surface area contributed by atoms with Crippen LogP contribution in [0.1, 0.15) is 78.1 Å². The van der Waals surface area contributed by atoms with Gasteiger partial charge in [-0.15, -0.1) is 0 Å². The number of nitrogens with zero attached hydrogens (tertiary/aromatic N) is 1. The van der Waals surface area contributed by atoms with E-state index in [1.54, 1.807) is 17.2 Å². The van der Waals surface area contributed by atoms with Crippen LogP contribution in [-0.2, 0) is 0 Å². The van der Waals surface area contributed by atoms with Crippen LogP contribution in [0.4, 0.5) is 5.69 Å². The Morgan fingerprint density at radius 3 is 1.96 bits per heavy atom. The summed E-state index contributed by atoms with van der Waals surface area (Å²) in [6, 6.07) is 5.62. The van der Waals surface area contributed by atoms with Crippen molar-refractivity contribution in [2.24, 2.45) is 4.99 Å². The van der Waals surface area contributed by atoms with E-state index >= 15 is 0 Å². The third kappa shape index (κ3) is 4.26. The lowest BCUT2D eigenvalue weighted by Crippen LogP contribution is -2.04. The van der Waals surface area contributed by atoms with E-state index in [1.165, 1.54) is 68.2 Å². The molecular weight excluding hydrogens is 361 g/mol. The Hall–Kier alpha value is -1.05. The number of hydrogen-bond donors (Lipinski definition) is 0. The highest BCUT2D eigenvalue weighted by molar-refractivity contribution is 6.36. The number of benzene rings is 1. The van der Waals surface area contributed by atoms with Crippen molar-refractivity contribution in [2.75, 3.05) is 0 Å². The van der Waals surface area contributed by atoms with Crippen molar-refractivity contribution in [3.05, 3.63) is 50.5 Å². The Bertz CT molecular complexity index is 719. The van der Waals surface area contributed by atoms with Crippen molar-refractivity contribution in [1.29, 1.82) is 0 Å². The second-order valence-corrected chi connectivity index (χ2v) is 8.23. The molecule has 0 atom stereocenters. The molecule has 1 saturated carbocycles. The smallest absolute Gasteiger partial charge is 0.0824 e. The molecule has 0 saturated heterocycles. The minimum atomic E-state index is 0.638. The molecule has 0 spiro atoms. The van der Waals surface area contributed by atoms with Gasteiger partial charge in [-0.05, 0) is 91.9 Å². The molecule has 0 unspecified atom stereocenters. The van der Waals surface area contributed by atoms with Gasteiger partial charge in [-0.3, -0.25) is 0 Å². The molecule has 1 fully saturated rings. The molecule has 0 aliphatic heterocycles. The monoisotopic (exact) mass is 389 g/mol. The van der Waals surface area contributed by atoms with Crippen LogP contribution in [0.25, 0.3) is 0 Å². The van der Waals surface area contributed by atoms with Gasteiger partial charge in [-0.25, -0.2) is 4.99 Å². The van der Waals surface area contributed by atoms with Crippen LogP contribution in [0.5, 0.6) is 0 Å². The molecule has 140 valence electrons. The van der Waals surface area contributed by atoms with Gasteiger partial charge in [0.05, 0.1) is 16.4 Å². The standard InChI is InChI=1S/C23H29Cl2N/c1-3-5-9-19-17-11-7-8-12-18(17)20(10-6-4-2)23(19)26-22-14-13-16(24)15-21(22)25/h13-15H,3-12H2,1-2H3. The normalized spacial score (nSPS) is 17.2. The fourth-order valence-electron chi connectivity index (χ4n) is 4.11. The number of unbranched alkanes of at least 4 members (excludes halogenated alkanes) is 2. The van der Waals surface area contributed by atoms with Gasteiger partial charge >= 0.3 is 0 Å². The molecule has 26 heavy (non-hydrogen) atoms. The Labute approximate surface area is 168 Å².